The van der Waals surface area contributed by atoms with Crippen molar-refractivity contribution in [1.29, 1.82) is 0 Å². The van der Waals surface area contributed by atoms with Crippen molar-refractivity contribution < 1.29 is 32.3 Å². The molecule has 1 amide bonds. The number of hydrogen-bond donors (Lipinski definition) is 2. The normalized spacial score (nSPS) is 13.6. The minimum atomic E-state index is -4.88. The van der Waals surface area contributed by atoms with Crippen molar-refractivity contribution in [1.82, 2.24) is 24.6 Å². The number of carboxylic acid groups (broad SMARTS) is 1. The number of hydrogen-bond acceptors (Lipinski definition) is 5. The zero-order valence-electron chi connectivity index (χ0n) is 18.8. The van der Waals surface area contributed by atoms with Gasteiger partial charge in [-0.15, -0.1) is 0 Å². The van der Waals surface area contributed by atoms with Gasteiger partial charge in [0.15, 0.2) is 5.69 Å². The lowest BCUT2D eigenvalue weighted by atomic mass is 10.0. The summed E-state index contributed by atoms with van der Waals surface area (Å²) in [5.74, 6) is -4.68. The number of rotatable bonds is 4. The van der Waals surface area contributed by atoms with E-state index in [2.05, 4.69) is 15.2 Å². The number of aromatic carboxylic acids is 1. The first-order valence-corrected chi connectivity index (χ1v) is 11.0. The molecule has 0 unspecified atom stereocenters. The Hall–Kier alpha value is -4.55. The van der Waals surface area contributed by atoms with Crippen LogP contribution in [-0.2, 0) is 25.7 Å². The number of fused-ring (bicyclic) bond motifs is 2. The van der Waals surface area contributed by atoms with Crippen molar-refractivity contribution in [2.45, 2.75) is 25.7 Å². The van der Waals surface area contributed by atoms with E-state index in [9.17, 15) is 37.1 Å². The average molecular weight is 515 g/mol. The summed E-state index contributed by atoms with van der Waals surface area (Å²) in [6, 6.07) is 10.7. The zero-order chi connectivity index (χ0) is 26.5. The van der Waals surface area contributed by atoms with Gasteiger partial charge in [-0.3, -0.25) is 9.59 Å². The van der Waals surface area contributed by atoms with Gasteiger partial charge in [-0.25, -0.2) is 19.3 Å². The number of carboxylic acids is 1. The first kappa shape index (κ1) is 24.2. The van der Waals surface area contributed by atoms with Crippen LogP contribution in [0.25, 0.3) is 10.8 Å². The highest BCUT2D eigenvalue weighted by molar-refractivity contribution is 5.95. The van der Waals surface area contributed by atoms with Crippen molar-refractivity contribution in [3.05, 3.63) is 92.7 Å². The second-order valence-corrected chi connectivity index (χ2v) is 8.45. The molecular formula is C24H17F4N5O4. The van der Waals surface area contributed by atoms with E-state index in [0.29, 0.717) is 22.0 Å². The number of aromatic amines is 1. The summed E-state index contributed by atoms with van der Waals surface area (Å²) < 4.78 is 55.5. The van der Waals surface area contributed by atoms with Crippen molar-refractivity contribution in [2.75, 3.05) is 6.54 Å². The van der Waals surface area contributed by atoms with Crippen LogP contribution in [0.1, 0.15) is 43.6 Å². The maximum absolute atomic E-state index is 14.7. The Morgan fingerprint density at radius 1 is 1.08 bits per heavy atom. The smallest absolute Gasteiger partial charge is 0.449 e. The van der Waals surface area contributed by atoms with Crippen LogP contribution in [0.4, 0.5) is 17.6 Å². The third kappa shape index (κ3) is 4.32. The fourth-order valence-corrected chi connectivity index (χ4v) is 4.45. The molecule has 2 N–H and O–H groups in total. The van der Waals surface area contributed by atoms with Gasteiger partial charge in [0.25, 0.3) is 11.5 Å². The Bertz CT molecular complexity index is 1630. The molecule has 1 aliphatic rings. The van der Waals surface area contributed by atoms with Gasteiger partial charge < -0.3 is 14.6 Å². The number of nitrogens with zero attached hydrogens (tertiary/aromatic N) is 4. The largest absolute Gasteiger partial charge is 0.476 e. The number of H-pyrrole nitrogens is 1. The standard InChI is InChI=1S/C24H17F4N5O4/c25-16-6-5-12(10-17-13-3-1-2-4-14(13)20(34)31-30-17)9-15(16)21(35)32-7-8-33-18(11-32)19(22(36)37)29-23(33)24(26,27)28/h1-6,9H,7-8,10-11H2,(H,31,34)(H,36,37). The maximum atomic E-state index is 14.7. The molecule has 5 rings (SSSR count). The van der Waals surface area contributed by atoms with Gasteiger partial charge in [0.2, 0.25) is 5.82 Å². The minimum Gasteiger partial charge on any atom is -0.476 e. The summed E-state index contributed by atoms with van der Waals surface area (Å²) >= 11 is 0. The number of benzene rings is 2. The lowest BCUT2D eigenvalue weighted by molar-refractivity contribution is -0.147. The van der Waals surface area contributed by atoms with Crippen molar-refractivity contribution in [3.8, 4) is 0 Å². The van der Waals surface area contributed by atoms with Crippen molar-refractivity contribution in [3.63, 3.8) is 0 Å². The summed E-state index contributed by atoms with van der Waals surface area (Å²) in [5.41, 5.74) is -0.801. The number of aromatic nitrogens is 4. The predicted molar refractivity (Wildman–Crippen MR) is 120 cm³/mol. The van der Waals surface area contributed by atoms with Crippen LogP contribution in [0, 0.1) is 5.82 Å². The van der Waals surface area contributed by atoms with Crippen molar-refractivity contribution in [2.24, 2.45) is 0 Å². The van der Waals surface area contributed by atoms with Crippen LogP contribution >= 0.6 is 0 Å². The predicted octanol–water partition coefficient (Wildman–Crippen LogP) is 3.22. The summed E-state index contributed by atoms with van der Waals surface area (Å²) in [6.07, 6.45) is -4.72. The molecule has 1 aliphatic heterocycles. The van der Waals surface area contributed by atoms with Gasteiger partial charge in [0.05, 0.1) is 28.9 Å². The topological polar surface area (TPSA) is 121 Å². The Morgan fingerprint density at radius 3 is 2.51 bits per heavy atom. The molecule has 190 valence electrons. The molecule has 3 heterocycles. The maximum Gasteiger partial charge on any atom is 0.449 e. The van der Waals surface area contributed by atoms with Crippen LogP contribution in [-0.4, -0.2) is 48.2 Å². The van der Waals surface area contributed by atoms with Crippen LogP contribution in [0.2, 0.25) is 0 Å². The fourth-order valence-electron chi connectivity index (χ4n) is 4.45. The van der Waals surface area contributed by atoms with E-state index in [1.165, 1.54) is 12.1 Å². The minimum absolute atomic E-state index is 0.155. The molecule has 37 heavy (non-hydrogen) atoms. The summed E-state index contributed by atoms with van der Waals surface area (Å²) in [4.78, 5) is 41.1. The van der Waals surface area contributed by atoms with Crippen LogP contribution in [0.3, 0.4) is 0 Å². The molecule has 0 radical (unpaired) electrons. The van der Waals surface area contributed by atoms with E-state index in [1.54, 1.807) is 24.3 Å². The fraction of sp³-hybridized carbons (Fsp3) is 0.208. The van der Waals surface area contributed by atoms with Gasteiger partial charge >= 0.3 is 12.1 Å². The second-order valence-electron chi connectivity index (χ2n) is 8.45. The molecule has 0 fully saturated rings. The Balaban J connectivity index is 1.46. The Kier molecular flexibility index (Phi) is 5.77. The highest BCUT2D eigenvalue weighted by Crippen LogP contribution is 2.33. The number of carbonyl (C=O) groups excluding carboxylic acids is 1. The monoisotopic (exact) mass is 515 g/mol. The lowest BCUT2D eigenvalue weighted by Crippen LogP contribution is -2.40. The molecule has 9 nitrogen and oxygen atoms in total. The van der Waals surface area contributed by atoms with Gasteiger partial charge in [-0.1, -0.05) is 24.3 Å². The summed E-state index contributed by atoms with van der Waals surface area (Å²) in [5, 5.41) is 16.8. The van der Waals surface area contributed by atoms with Gasteiger partial charge in [0, 0.05) is 24.9 Å². The lowest BCUT2D eigenvalue weighted by Gasteiger charge is -2.29. The molecule has 4 aromatic rings. The SMILES string of the molecule is O=C(O)c1nc(C(F)(F)F)n2c1CN(C(=O)c1cc(Cc3n[nH]c(=O)c4ccccc34)ccc1F)CC2. The Labute approximate surface area is 205 Å². The third-order valence-corrected chi connectivity index (χ3v) is 6.16. The molecule has 2 aromatic heterocycles. The van der Waals surface area contributed by atoms with Gasteiger partial charge in [-0.2, -0.15) is 18.3 Å². The van der Waals surface area contributed by atoms with E-state index in [4.69, 9.17) is 0 Å². The highest BCUT2D eigenvalue weighted by Gasteiger charge is 2.42. The number of carbonyl (C=O) groups is 2. The average Bonchev–Trinajstić information content (AvgIpc) is 3.26. The summed E-state index contributed by atoms with van der Waals surface area (Å²) in [7, 11) is 0. The quantitative estimate of drug-likeness (QED) is 0.403. The first-order valence-electron chi connectivity index (χ1n) is 11.0. The van der Waals surface area contributed by atoms with E-state index >= 15 is 0 Å². The molecule has 0 aliphatic carbocycles. The molecule has 0 atom stereocenters. The molecule has 0 saturated heterocycles. The number of halogens is 4. The van der Waals surface area contributed by atoms with E-state index in [1.807, 2.05) is 0 Å². The first-order chi connectivity index (χ1) is 17.5. The van der Waals surface area contributed by atoms with Crippen molar-refractivity contribution >= 4 is 22.6 Å². The molecular weight excluding hydrogens is 498 g/mol. The molecule has 0 spiro atoms. The summed E-state index contributed by atoms with van der Waals surface area (Å²) in [6.45, 7) is -1.05. The second kappa shape index (κ2) is 8.84. The van der Waals surface area contributed by atoms with Gasteiger partial charge in [0.1, 0.15) is 5.82 Å². The van der Waals surface area contributed by atoms with E-state index in [0.717, 1.165) is 15.5 Å². The molecule has 0 bridgehead atoms. The number of amides is 1. The van der Waals surface area contributed by atoms with Crippen LogP contribution < -0.4 is 5.56 Å². The zero-order valence-corrected chi connectivity index (χ0v) is 18.8. The highest BCUT2D eigenvalue weighted by atomic mass is 19.4. The number of imidazole rings is 1. The molecule has 2 aromatic carbocycles. The molecule has 13 heteroatoms. The van der Waals surface area contributed by atoms with E-state index < -0.39 is 41.9 Å². The number of alkyl halides is 3. The van der Waals surface area contributed by atoms with Crippen LogP contribution in [0.15, 0.2) is 47.3 Å². The Morgan fingerprint density at radius 2 is 1.81 bits per heavy atom. The van der Waals surface area contributed by atoms with Gasteiger partial charge in [-0.05, 0) is 23.8 Å². The molecule has 0 saturated carbocycles. The number of nitrogens with one attached hydrogen (secondary N) is 1. The third-order valence-electron chi connectivity index (χ3n) is 6.16. The van der Waals surface area contributed by atoms with Crippen LogP contribution in [0.5, 0.6) is 0 Å². The van der Waals surface area contributed by atoms with E-state index in [-0.39, 0.29) is 36.3 Å².